The van der Waals surface area contributed by atoms with Gasteiger partial charge in [-0.2, -0.15) is 0 Å². The van der Waals surface area contributed by atoms with E-state index in [-0.39, 0.29) is 5.41 Å². The summed E-state index contributed by atoms with van der Waals surface area (Å²) >= 11 is 0. The third-order valence-electron chi connectivity index (χ3n) is 4.60. The van der Waals surface area contributed by atoms with Crippen LogP contribution in [0.3, 0.4) is 0 Å². The van der Waals surface area contributed by atoms with Crippen LogP contribution in [0.15, 0.2) is 91.0 Å². The molecule has 0 atom stereocenters. The third kappa shape index (κ3) is 5.24. The quantitative estimate of drug-likeness (QED) is 0.445. The summed E-state index contributed by atoms with van der Waals surface area (Å²) < 4.78 is 11.2. The molecular formula is C25H26O2. The van der Waals surface area contributed by atoms with Crippen molar-refractivity contribution in [1.29, 1.82) is 0 Å². The van der Waals surface area contributed by atoms with Gasteiger partial charge in [0.05, 0.1) is 7.11 Å². The lowest BCUT2D eigenvalue weighted by Gasteiger charge is -2.21. The zero-order valence-electron chi connectivity index (χ0n) is 16.2. The van der Waals surface area contributed by atoms with Crippen LogP contribution >= 0.6 is 0 Å². The molecule has 0 bridgehead atoms. The largest absolute Gasteiger partial charge is 0.497 e. The molecule has 2 nitrogen and oxygen atoms in total. The summed E-state index contributed by atoms with van der Waals surface area (Å²) in [6.45, 7) is 4.44. The van der Waals surface area contributed by atoms with Crippen LogP contribution in [0.1, 0.15) is 25.0 Å². The molecule has 3 aromatic carbocycles. The molecule has 0 N–H and O–H groups in total. The summed E-state index contributed by atoms with van der Waals surface area (Å²) in [5, 5.41) is 0. The molecule has 0 radical (unpaired) electrons. The Morgan fingerprint density at radius 2 is 1.48 bits per heavy atom. The molecular weight excluding hydrogens is 332 g/mol. The fraction of sp³-hybridized carbons (Fsp3) is 0.200. The predicted octanol–water partition coefficient (Wildman–Crippen LogP) is 6.56. The Labute approximate surface area is 162 Å². The van der Waals surface area contributed by atoms with Crippen LogP contribution in [0, 0.1) is 0 Å². The summed E-state index contributed by atoms with van der Waals surface area (Å²) in [6.07, 6.45) is 5.36. The van der Waals surface area contributed by atoms with Crippen molar-refractivity contribution in [3.05, 3.63) is 102 Å². The SMILES string of the molecule is COc1ccc(C(C)(C)/C=C/Cc2cccc(Oc3ccccc3)c2)cc1. The van der Waals surface area contributed by atoms with Crippen LogP contribution in [0.2, 0.25) is 0 Å². The lowest BCUT2D eigenvalue weighted by atomic mass is 9.84. The molecule has 3 aromatic rings. The minimum atomic E-state index is -0.0373. The Balaban J connectivity index is 1.65. The zero-order valence-corrected chi connectivity index (χ0v) is 16.2. The van der Waals surface area contributed by atoms with Gasteiger partial charge in [-0.15, -0.1) is 0 Å². The van der Waals surface area contributed by atoms with E-state index in [1.165, 1.54) is 11.1 Å². The maximum Gasteiger partial charge on any atom is 0.127 e. The monoisotopic (exact) mass is 358 g/mol. The highest BCUT2D eigenvalue weighted by molar-refractivity contribution is 5.36. The molecule has 138 valence electrons. The molecule has 0 aliphatic carbocycles. The van der Waals surface area contributed by atoms with Crippen molar-refractivity contribution in [3.63, 3.8) is 0 Å². The maximum atomic E-state index is 5.92. The van der Waals surface area contributed by atoms with Gasteiger partial charge in [0.2, 0.25) is 0 Å². The standard InChI is InChI=1S/C25H26O2/c1-25(2,21-14-16-22(26-3)17-15-21)18-8-10-20-9-7-13-24(19-20)27-23-11-5-4-6-12-23/h4-9,11-19H,10H2,1-3H3/b18-8+. The summed E-state index contributed by atoms with van der Waals surface area (Å²) in [6, 6.07) is 26.4. The molecule has 0 saturated heterocycles. The number of benzene rings is 3. The molecule has 27 heavy (non-hydrogen) atoms. The fourth-order valence-corrected chi connectivity index (χ4v) is 2.97. The minimum absolute atomic E-state index is 0.0373. The molecule has 0 heterocycles. The van der Waals surface area contributed by atoms with E-state index in [0.717, 1.165) is 23.7 Å². The number of para-hydroxylation sites is 1. The highest BCUT2D eigenvalue weighted by Crippen LogP contribution is 2.27. The first kappa shape index (κ1) is 18.8. The molecule has 0 aliphatic rings. The lowest BCUT2D eigenvalue weighted by Crippen LogP contribution is -2.13. The van der Waals surface area contributed by atoms with Gasteiger partial charge in [0, 0.05) is 5.41 Å². The van der Waals surface area contributed by atoms with Crippen molar-refractivity contribution in [3.8, 4) is 17.2 Å². The second-order valence-electron chi connectivity index (χ2n) is 7.12. The number of hydrogen-bond donors (Lipinski definition) is 0. The Hall–Kier alpha value is -3.00. The van der Waals surface area contributed by atoms with E-state index in [1.807, 2.05) is 54.6 Å². The van der Waals surface area contributed by atoms with Gasteiger partial charge < -0.3 is 9.47 Å². The number of hydrogen-bond acceptors (Lipinski definition) is 2. The maximum absolute atomic E-state index is 5.92. The van der Waals surface area contributed by atoms with Crippen LogP contribution in [-0.2, 0) is 11.8 Å². The van der Waals surface area contributed by atoms with Crippen molar-refractivity contribution < 1.29 is 9.47 Å². The average molecular weight is 358 g/mol. The smallest absolute Gasteiger partial charge is 0.127 e. The molecule has 0 spiro atoms. The molecule has 0 aliphatic heterocycles. The first-order valence-electron chi connectivity index (χ1n) is 9.21. The molecule has 2 heteroatoms. The number of ether oxygens (including phenoxy) is 2. The minimum Gasteiger partial charge on any atom is -0.497 e. The van der Waals surface area contributed by atoms with Gasteiger partial charge in [-0.1, -0.05) is 68.5 Å². The Morgan fingerprint density at radius 3 is 2.19 bits per heavy atom. The topological polar surface area (TPSA) is 18.5 Å². The van der Waals surface area contributed by atoms with Crippen LogP contribution in [-0.4, -0.2) is 7.11 Å². The van der Waals surface area contributed by atoms with Gasteiger partial charge in [0.25, 0.3) is 0 Å². The van der Waals surface area contributed by atoms with E-state index in [2.05, 4.69) is 50.3 Å². The van der Waals surface area contributed by atoms with E-state index < -0.39 is 0 Å². The van der Waals surface area contributed by atoms with Gasteiger partial charge in [-0.25, -0.2) is 0 Å². The molecule has 0 aromatic heterocycles. The lowest BCUT2D eigenvalue weighted by molar-refractivity contribution is 0.414. The predicted molar refractivity (Wildman–Crippen MR) is 112 cm³/mol. The summed E-state index contributed by atoms with van der Waals surface area (Å²) in [4.78, 5) is 0. The summed E-state index contributed by atoms with van der Waals surface area (Å²) in [7, 11) is 1.69. The number of rotatable bonds is 7. The first-order valence-corrected chi connectivity index (χ1v) is 9.21. The van der Waals surface area contributed by atoms with Crippen LogP contribution in [0.5, 0.6) is 17.2 Å². The average Bonchev–Trinajstić information content (AvgIpc) is 2.69. The van der Waals surface area contributed by atoms with E-state index in [0.29, 0.717) is 0 Å². The summed E-state index contributed by atoms with van der Waals surface area (Å²) in [5.41, 5.74) is 2.45. The van der Waals surface area contributed by atoms with Gasteiger partial charge in [0.1, 0.15) is 17.2 Å². The van der Waals surface area contributed by atoms with Gasteiger partial charge in [-0.3, -0.25) is 0 Å². The van der Waals surface area contributed by atoms with Crippen LogP contribution < -0.4 is 9.47 Å². The second-order valence-corrected chi connectivity index (χ2v) is 7.12. The van der Waals surface area contributed by atoms with Crippen molar-refractivity contribution in [2.45, 2.75) is 25.7 Å². The fourth-order valence-electron chi connectivity index (χ4n) is 2.97. The van der Waals surface area contributed by atoms with E-state index in [4.69, 9.17) is 9.47 Å². The Kier molecular flexibility index (Phi) is 5.97. The van der Waals surface area contributed by atoms with Crippen molar-refractivity contribution in [2.75, 3.05) is 7.11 Å². The molecule has 0 fully saturated rings. The highest BCUT2D eigenvalue weighted by Gasteiger charge is 2.16. The van der Waals surface area contributed by atoms with Gasteiger partial charge in [-0.05, 0) is 53.9 Å². The number of methoxy groups -OCH3 is 1. The van der Waals surface area contributed by atoms with E-state index in [1.54, 1.807) is 7.11 Å². The molecule has 0 amide bonds. The van der Waals surface area contributed by atoms with Gasteiger partial charge in [0.15, 0.2) is 0 Å². The van der Waals surface area contributed by atoms with Crippen molar-refractivity contribution in [1.82, 2.24) is 0 Å². The molecule has 0 saturated carbocycles. The van der Waals surface area contributed by atoms with Crippen LogP contribution in [0.4, 0.5) is 0 Å². The normalized spacial score (nSPS) is 11.5. The first-order chi connectivity index (χ1) is 13.1. The zero-order chi connectivity index (χ0) is 19.1. The summed E-state index contributed by atoms with van der Waals surface area (Å²) in [5.74, 6) is 2.60. The Morgan fingerprint density at radius 1 is 0.778 bits per heavy atom. The molecule has 0 unspecified atom stereocenters. The van der Waals surface area contributed by atoms with Crippen molar-refractivity contribution in [2.24, 2.45) is 0 Å². The van der Waals surface area contributed by atoms with E-state index >= 15 is 0 Å². The van der Waals surface area contributed by atoms with Crippen LogP contribution in [0.25, 0.3) is 0 Å². The van der Waals surface area contributed by atoms with Crippen molar-refractivity contribution >= 4 is 0 Å². The van der Waals surface area contributed by atoms with Gasteiger partial charge >= 0.3 is 0 Å². The highest BCUT2D eigenvalue weighted by atomic mass is 16.5. The third-order valence-corrected chi connectivity index (χ3v) is 4.60. The van der Waals surface area contributed by atoms with E-state index in [9.17, 15) is 0 Å². The second kappa shape index (κ2) is 8.59. The number of allylic oxidation sites excluding steroid dienone is 2. The molecule has 3 rings (SSSR count). The Bertz CT molecular complexity index is 878.